The van der Waals surface area contributed by atoms with Gasteiger partial charge >= 0.3 is 5.00 Å². The number of carbonyl (C=O) groups is 1. The molecule has 1 aromatic carbocycles. The van der Waals surface area contributed by atoms with Gasteiger partial charge in [-0.2, -0.15) is 5.10 Å². The van der Waals surface area contributed by atoms with E-state index in [4.69, 9.17) is 4.74 Å². The first-order valence-corrected chi connectivity index (χ1v) is 7.53. The van der Waals surface area contributed by atoms with E-state index in [-0.39, 0.29) is 5.00 Å². The van der Waals surface area contributed by atoms with Crippen molar-refractivity contribution in [2.24, 2.45) is 5.10 Å². The topological polar surface area (TPSA) is 93.8 Å². The third kappa shape index (κ3) is 3.89. The van der Waals surface area contributed by atoms with Crippen LogP contribution in [0.3, 0.4) is 0 Å². The molecule has 114 valence electrons. The molecule has 0 aliphatic rings. The Balaban J connectivity index is 2.07. The average Bonchev–Trinajstić information content (AvgIpc) is 2.96. The maximum atomic E-state index is 12.0. The summed E-state index contributed by atoms with van der Waals surface area (Å²) < 4.78 is 5.84. The van der Waals surface area contributed by atoms with Crippen LogP contribution in [0.1, 0.15) is 15.2 Å². The Labute approximate surface area is 137 Å². The molecular weight excluding hydrogens is 374 g/mol. The van der Waals surface area contributed by atoms with Crippen molar-refractivity contribution in [1.29, 1.82) is 0 Å². The monoisotopic (exact) mass is 383 g/mol. The fourth-order valence-corrected chi connectivity index (χ4v) is 2.64. The number of ether oxygens (including phenoxy) is 1. The van der Waals surface area contributed by atoms with E-state index in [1.54, 1.807) is 24.3 Å². The molecule has 0 fully saturated rings. The van der Waals surface area contributed by atoms with Crippen LogP contribution in [0.5, 0.6) is 5.75 Å². The van der Waals surface area contributed by atoms with Gasteiger partial charge in [-0.3, -0.25) is 14.9 Å². The first-order valence-electron chi connectivity index (χ1n) is 5.92. The van der Waals surface area contributed by atoms with E-state index in [2.05, 4.69) is 26.5 Å². The quantitative estimate of drug-likeness (QED) is 0.487. The zero-order valence-corrected chi connectivity index (χ0v) is 13.7. The molecule has 1 aromatic heterocycles. The molecule has 1 heterocycles. The van der Waals surface area contributed by atoms with E-state index in [0.717, 1.165) is 15.8 Å². The lowest BCUT2D eigenvalue weighted by molar-refractivity contribution is -0.380. The summed E-state index contributed by atoms with van der Waals surface area (Å²) in [5.74, 6) is -0.0249. The molecular formula is C13H10BrN3O4S. The minimum Gasteiger partial charge on any atom is -0.496 e. The summed E-state index contributed by atoms with van der Waals surface area (Å²) >= 11 is 4.25. The summed E-state index contributed by atoms with van der Waals surface area (Å²) in [7, 11) is 1.47. The normalized spacial score (nSPS) is 10.6. The standard InChI is InChI=1S/C13H10BrN3O4S/c1-21-11-4-2-8(14)6-10(11)13(18)16-15-7-9-3-5-12(22-9)17(19)20/h2-7H,1H3,(H,16,18). The molecule has 22 heavy (non-hydrogen) atoms. The Morgan fingerprint density at radius 2 is 2.23 bits per heavy atom. The van der Waals surface area contributed by atoms with Crippen molar-refractivity contribution in [1.82, 2.24) is 5.43 Å². The third-order valence-corrected chi connectivity index (χ3v) is 4.02. The van der Waals surface area contributed by atoms with E-state index in [1.807, 2.05) is 0 Å². The Hall–Kier alpha value is -2.26. The number of amides is 1. The van der Waals surface area contributed by atoms with Crippen molar-refractivity contribution < 1.29 is 14.5 Å². The predicted octanol–water partition coefficient (Wildman–Crippen LogP) is 3.19. The molecule has 2 aromatic rings. The molecule has 2 rings (SSSR count). The predicted molar refractivity (Wildman–Crippen MR) is 86.7 cm³/mol. The number of nitrogens with zero attached hydrogens (tertiary/aromatic N) is 2. The summed E-state index contributed by atoms with van der Waals surface area (Å²) in [6.45, 7) is 0. The largest absolute Gasteiger partial charge is 0.496 e. The van der Waals surface area contributed by atoms with E-state index < -0.39 is 10.8 Å². The SMILES string of the molecule is COc1ccc(Br)cc1C(=O)NN=Cc1ccc([N+](=O)[O-])s1. The fourth-order valence-electron chi connectivity index (χ4n) is 1.58. The highest BCUT2D eigenvalue weighted by molar-refractivity contribution is 9.10. The highest BCUT2D eigenvalue weighted by Crippen LogP contribution is 2.23. The minimum absolute atomic E-state index is 0.0152. The number of thiophene rings is 1. The zero-order valence-electron chi connectivity index (χ0n) is 11.3. The highest BCUT2D eigenvalue weighted by atomic mass is 79.9. The molecule has 1 amide bonds. The number of carbonyl (C=O) groups excluding carboxylic acids is 1. The second kappa shape index (κ2) is 7.14. The number of methoxy groups -OCH3 is 1. The van der Waals surface area contributed by atoms with Gasteiger partial charge in [0.2, 0.25) is 0 Å². The van der Waals surface area contributed by atoms with Crippen LogP contribution in [0.25, 0.3) is 0 Å². The Bertz CT molecular complexity index is 745. The van der Waals surface area contributed by atoms with Gasteiger partial charge < -0.3 is 4.74 Å². The molecule has 0 atom stereocenters. The Morgan fingerprint density at radius 3 is 2.86 bits per heavy atom. The molecule has 0 unspecified atom stereocenters. The average molecular weight is 384 g/mol. The third-order valence-electron chi connectivity index (χ3n) is 2.56. The van der Waals surface area contributed by atoms with Gasteiger partial charge in [-0.15, -0.1) is 0 Å². The summed E-state index contributed by atoms with van der Waals surface area (Å²) in [5, 5.41) is 14.4. The maximum absolute atomic E-state index is 12.0. The van der Waals surface area contributed by atoms with Crippen molar-refractivity contribution in [2.45, 2.75) is 0 Å². The number of hydrogen-bond acceptors (Lipinski definition) is 6. The van der Waals surface area contributed by atoms with Gasteiger partial charge in [-0.25, -0.2) is 5.43 Å². The van der Waals surface area contributed by atoms with Crippen molar-refractivity contribution in [2.75, 3.05) is 7.11 Å². The molecule has 0 saturated heterocycles. The van der Waals surface area contributed by atoms with E-state index in [9.17, 15) is 14.9 Å². The van der Waals surface area contributed by atoms with Crippen LogP contribution in [0.15, 0.2) is 39.9 Å². The van der Waals surface area contributed by atoms with Crippen LogP contribution in [-0.4, -0.2) is 24.2 Å². The van der Waals surface area contributed by atoms with Gasteiger partial charge in [0.1, 0.15) is 5.75 Å². The second-order valence-electron chi connectivity index (χ2n) is 3.98. The van der Waals surface area contributed by atoms with Gasteiger partial charge in [0.05, 0.1) is 28.7 Å². The van der Waals surface area contributed by atoms with E-state index in [0.29, 0.717) is 16.2 Å². The minimum atomic E-state index is -0.479. The number of halogens is 1. The van der Waals surface area contributed by atoms with Crippen LogP contribution in [0, 0.1) is 10.1 Å². The lowest BCUT2D eigenvalue weighted by Gasteiger charge is -2.07. The number of hydrazone groups is 1. The van der Waals surface area contributed by atoms with Crippen molar-refractivity contribution in [3.05, 3.63) is 55.4 Å². The van der Waals surface area contributed by atoms with Crippen LogP contribution >= 0.6 is 27.3 Å². The van der Waals surface area contributed by atoms with Gasteiger partial charge in [0.25, 0.3) is 5.91 Å². The van der Waals surface area contributed by atoms with Crippen molar-refractivity contribution >= 4 is 44.4 Å². The van der Waals surface area contributed by atoms with E-state index >= 15 is 0 Å². The Kier molecular flexibility index (Phi) is 5.23. The number of rotatable bonds is 5. The summed E-state index contributed by atoms with van der Waals surface area (Å²) in [6.07, 6.45) is 1.35. The van der Waals surface area contributed by atoms with Crippen molar-refractivity contribution in [3.63, 3.8) is 0 Å². The first kappa shape index (κ1) is 16.1. The number of nitrogens with one attached hydrogen (secondary N) is 1. The van der Waals surface area contributed by atoms with Crippen molar-refractivity contribution in [3.8, 4) is 5.75 Å². The molecule has 0 aliphatic heterocycles. The second-order valence-corrected chi connectivity index (χ2v) is 5.99. The first-order chi connectivity index (χ1) is 10.5. The summed E-state index contributed by atoms with van der Waals surface area (Å²) in [6, 6.07) is 7.96. The fraction of sp³-hybridized carbons (Fsp3) is 0.0769. The molecule has 0 bridgehead atoms. The number of benzene rings is 1. The van der Waals surface area contributed by atoms with Gasteiger partial charge in [0, 0.05) is 10.5 Å². The lowest BCUT2D eigenvalue weighted by Crippen LogP contribution is -2.18. The van der Waals surface area contributed by atoms with Crippen LogP contribution in [0.2, 0.25) is 0 Å². The molecule has 0 aliphatic carbocycles. The smallest absolute Gasteiger partial charge is 0.324 e. The van der Waals surface area contributed by atoms with Crippen LogP contribution < -0.4 is 10.2 Å². The number of hydrogen-bond donors (Lipinski definition) is 1. The molecule has 0 radical (unpaired) electrons. The molecule has 7 nitrogen and oxygen atoms in total. The number of nitro groups is 1. The van der Waals surface area contributed by atoms with Gasteiger partial charge in [-0.05, 0) is 24.3 Å². The maximum Gasteiger partial charge on any atom is 0.324 e. The molecule has 9 heteroatoms. The van der Waals surface area contributed by atoms with Crippen LogP contribution in [0.4, 0.5) is 5.00 Å². The molecule has 0 saturated carbocycles. The zero-order chi connectivity index (χ0) is 16.1. The lowest BCUT2D eigenvalue weighted by atomic mass is 10.2. The molecule has 0 spiro atoms. The van der Waals surface area contributed by atoms with Crippen LogP contribution in [-0.2, 0) is 0 Å². The summed E-state index contributed by atoms with van der Waals surface area (Å²) in [4.78, 5) is 22.7. The Morgan fingerprint density at radius 1 is 1.45 bits per heavy atom. The van der Waals surface area contributed by atoms with Gasteiger partial charge in [-0.1, -0.05) is 27.3 Å². The summed E-state index contributed by atoms with van der Waals surface area (Å²) in [5.41, 5.74) is 2.68. The van der Waals surface area contributed by atoms with Gasteiger partial charge in [0.15, 0.2) is 0 Å². The highest BCUT2D eigenvalue weighted by Gasteiger charge is 2.12. The molecule has 1 N–H and O–H groups in total. The van der Waals surface area contributed by atoms with E-state index in [1.165, 1.54) is 19.4 Å².